The highest BCUT2D eigenvalue weighted by Crippen LogP contribution is 2.22. The summed E-state index contributed by atoms with van der Waals surface area (Å²) < 4.78 is 0. The molecule has 1 aliphatic rings. The Kier molecular flexibility index (Phi) is 3.54. The van der Waals surface area contributed by atoms with E-state index in [0.717, 1.165) is 25.9 Å². The van der Waals surface area contributed by atoms with Crippen molar-refractivity contribution in [2.45, 2.75) is 18.9 Å². The first-order valence-corrected chi connectivity index (χ1v) is 5.58. The molecule has 0 bridgehead atoms. The Morgan fingerprint density at radius 2 is 2.07 bits per heavy atom. The summed E-state index contributed by atoms with van der Waals surface area (Å²) in [7, 11) is 0. The standard InChI is InChI=1S/C13H18N2/c14-8-6-13-10-12(7-9-15-13)11-4-2-1-3-5-11/h1-5,7,13,15H,6,8-10,14H2. The summed E-state index contributed by atoms with van der Waals surface area (Å²) in [5.41, 5.74) is 8.38. The van der Waals surface area contributed by atoms with E-state index < -0.39 is 0 Å². The highest BCUT2D eigenvalue weighted by Gasteiger charge is 2.14. The number of rotatable bonds is 3. The summed E-state index contributed by atoms with van der Waals surface area (Å²) in [6.07, 6.45) is 4.44. The normalized spacial score (nSPS) is 21.1. The lowest BCUT2D eigenvalue weighted by atomic mass is 9.94. The molecule has 0 amide bonds. The Morgan fingerprint density at radius 1 is 1.27 bits per heavy atom. The lowest BCUT2D eigenvalue weighted by molar-refractivity contribution is 0.507. The van der Waals surface area contributed by atoms with Crippen LogP contribution in [0.4, 0.5) is 0 Å². The van der Waals surface area contributed by atoms with Gasteiger partial charge < -0.3 is 11.1 Å². The van der Waals surface area contributed by atoms with E-state index in [2.05, 4.69) is 41.7 Å². The Labute approximate surface area is 91.2 Å². The van der Waals surface area contributed by atoms with Crippen molar-refractivity contribution in [1.82, 2.24) is 5.32 Å². The van der Waals surface area contributed by atoms with Crippen LogP contribution >= 0.6 is 0 Å². The second-order valence-electron chi connectivity index (χ2n) is 3.98. The third-order valence-electron chi connectivity index (χ3n) is 2.88. The molecule has 0 fully saturated rings. The van der Waals surface area contributed by atoms with Crippen molar-refractivity contribution in [3.8, 4) is 0 Å². The van der Waals surface area contributed by atoms with Crippen molar-refractivity contribution < 1.29 is 0 Å². The molecule has 80 valence electrons. The zero-order valence-electron chi connectivity index (χ0n) is 8.95. The van der Waals surface area contributed by atoms with Crippen molar-refractivity contribution in [1.29, 1.82) is 0 Å². The number of benzene rings is 1. The van der Waals surface area contributed by atoms with Crippen LogP contribution in [0, 0.1) is 0 Å². The topological polar surface area (TPSA) is 38.0 Å². The SMILES string of the molecule is NCCC1CC(c2ccccc2)=CCN1. The fourth-order valence-corrected chi connectivity index (χ4v) is 2.06. The number of hydrogen-bond acceptors (Lipinski definition) is 2. The van der Waals surface area contributed by atoms with Crippen molar-refractivity contribution in [3.05, 3.63) is 42.0 Å². The number of nitrogens with one attached hydrogen (secondary N) is 1. The zero-order valence-corrected chi connectivity index (χ0v) is 8.95. The minimum atomic E-state index is 0.551. The van der Waals surface area contributed by atoms with Gasteiger partial charge in [0.05, 0.1) is 0 Å². The first-order chi connectivity index (χ1) is 7.40. The highest BCUT2D eigenvalue weighted by atomic mass is 14.9. The molecule has 1 unspecified atom stereocenters. The molecule has 2 nitrogen and oxygen atoms in total. The molecule has 1 aromatic carbocycles. The van der Waals surface area contributed by atoms with E-state index in [1.54, 1.807) is 0 Å². The van der Waals surface area contributed by atoms with Crippen molar-refractivity contribution in [3.63, 3.8) is 0 Å². The third-order valence-corrected chi connectivity index (χ3v) is 2.88. The monoisotopic (exact) mass is 202 g/mol. The lowest BCUT2D eigenvalue weighted by Gasteiger charge is -2.24. The van der Waals surface area contributed by atoms with Gasteiger partial charge >= 0.3 is 0 Å². The maximum atomic E-state index is 5.58. The van der Waals surface area contributed by atoms with Crippen LogP contribution in [-0.4, -0.2) is 19.1 Å². The fraction of sp³-hybridized carbons (Fsp3) is 0.385. The molecule has 1 heterocycles. The Morgan fingerprint density at radius 3 is 2.80 bits per heavy atom. The quantitative estimate of drug-likeness (QED) is 0.784. The van der Waals surface area contributed by atoms with Crippen LogP contribution in [0.3, 0.4) is 0 Å². The van der Waals surface area contributed by atoms with E-state index in [-0.39, 0.29) is 0 Å². The largest absolute Gasteiger partial charge is 0.330 e. The van der Waals surface area contributed by atoms with E-state index in [1.165, 1.54) is 11.1 Å². The molecule has 1 atom stereocenters. The summed E-state index contributed by atoms with van der Waals surface area (Å²) in [5, 5.41) is 3.46. The van der Waals surface area contributed by atoms with Crippen LogP contribution in [-0.2, 0) is 0 Å². The van der Waals surface area contributed by atoms with E-state index >= 15 is 0 Å². The average Bonchev–Trinajstić information content (AvgIpc) is 2.31. The van der Waals surface area contributed by atoms with E-state index in [0.29, 0.717) is 6.04 Å². The van der Waals surface area contributed by atoms with Crippen LogP contribution in [0.15, 0.2) is 36.4 Å². The fourth-order valence-electron chi connectivity index (χ4n) is 2.06. The van der Waals surface area contributed by atoms with Gasteiger partial charge in [-0.1, -0.05) is 36.4 Å². The molecule has 0 saturated heterocycles. The van der Waals surface area contributed by atoms with E-state index in [4.69, 9.17) is 5.73 Å². The number of nitrogens with two attached hydrogens (primary N) is 1. The second kappa shape index (κ2) is 5.10. The van der Waals surface area contributed by atoms with Gasteiger partial charge in [0.1, 0.15) is 0 Å². The van der Waals surface area contributed by atoms with Gasteiger partial charge in [0.25, 0.3) is 0 Å². The minimum Gasteiger partial charge on any atom is -0.330 e. The van der Waals surface area contributed by atoms with E-state index in [1.807, 2.05) is 0 Å². The molecule has 0 aromatic heterocycles. The molecule has 0 radical (unpaired) electrons. The van der Waals surface area contributed by atoms with Gasteiger partial charge in [0.2, 0.25) is 0 Å². The first-order valence-electron chi connectivity index (χ1n) is 5.58. The molecule has 15 heavy (non-hydrogen) atoms. The van der Waals surface area contributed by atoms with Crippen molar-refractivity contribution in [2.75, 3.05) is 13.1 Å². The van der Waals surface area contributed by atoms with Gasteiger partial charge in [0.15, 0.2) is 0 Å². The molecular formula is C13H18N2. The maximum absolute atomic E-state index is 5.58. The smallest absolute Gasteiger partial charge is 0.0143 e. The Hall–Kier alpha value is -1.12. The van der Waals surface area contributed by atoms with Gasteiger partial charge in [-0.25, -0.2) is 0 Å². The predicted octanol–water partition coefficient (Wildman–Crippen LogP) is 1.78. The van der Waals surface area contributed by atoms with Crippen LogP contribution in [0.25, 0.3) is 5.57 Å². The molecule has 3 N–H and O–H groups in total. The average molecular weight is 202 g/mol. The minimum absolute atomic E-state index is 0.551. The Bertz CT molecular complexity index is 330. The van der Waals surface area contributed by atoms with Gasteiger partial charge in [-0.2, -0.15) is 0 Å². The molecule has 1 aliphatic heterocycles. The number of hydrogen-bond donors (Lipinski definition) is 2. The summed E-state index contributed by atoms with van der Waals surface area (Å²) >= 11 is 0. The highest BCUT2D eigenvalue weighted by molar-refractivity contribution is 5.66. The van der Waals surface area contributed by atoms with Gasteiger partial charge in [-0.05, 0) is 30.5 Å². The lowest BCUT2D eigenvalue weighted by Crippen LogP contribution is -2.34. The van der Waals surface area contributed by atoms with Crippen LogP contribution in [0.1, 0.15) is 18.4 Å². The predicted molar refractivity (Wildman–Crippen MR) is 64.5 cm³/mol. The summed E-state index contributed by atoms with van der Waals surface area (Å²) in [6.45, 7) is 1.73. The van der Waals surface area contributed by atoms with Gasteiger partial charge in [-0.3, -0.25) is 0 Å². The third kappa shape index (κ3) is 2.67. The summed E-state index contributed by atoms with van der Waals surface area (Å²) in [5.74, 6) is 0. The van der Waals surface area contributed by atoms with Crippen molar-refractivity contribution >= 4 is 5.57 Å². The second-order valence-corrected chi connectivity index (χ2v) is 3.98. The molecular weight excluding hydrogens is 184 g/mol. The zero-order chi connectivity index (χ0) is 10.5. The molecule has 2 rings (SSSR count). The van der Waals surface area contributed by atoms with Crippen LogP contribution < -0.4 is 11.1 Å². The molecule has 0 saturated carbocycles. The van der Waals surface area contributed by atoms with Crippen LogP contribution in [0.2, 0.25) is 0 Å². The molecule has 1 aromatic rings. The van der Waals surface area contributed by atoms with Gasteiger partial charge in [0, 0.05) is 12.6 Å². The van der Waals surface area contributed by atoms with Gasteiger partial charge in [-0.15, -0.1) is 0 Å². The maximum Gasteiger partial charge on any atom is 0.0143 e. The van der Waals surface area contributed by atoms with Crippen molar-refractivity contribution in [2.24, 2.45) is 5.73 Å². The summed E-state index contributed by atoms with van der Waals surface area (Å²) in [4.78, 5) is 0. The summed E-state index contributed by atoms with van der Waals surface area (Å²) in [6, 6.07) is 11.2. The molecule has 0 aliphatic carbocycles. The van der Waals surface area contributed by atoms with Crippen LogP contribution in [0.5, 0.6) is 0 Å². The Balaban J connectivity index is 2.07. The molecule has 0 spiro atoms. The first kappa shape index (κ1) is 10.4. The van der Waals surface area contributed by atoms with E-state index in [9.17, 15) is 0 Å². The molecule has 2 heteroatoms.